The molecule has 21 heavy (non-hydrogen) atoms. The molecular weight excluding hydrogens is 272 g/mol. The molecule has 6 nitrogen and oxygen atoms in total. The molecule has 0 fully saturated rings. The van der Waals surface area contributed by atoms with Crippen LogP contribution in [0.3, 0.4) is 0 Å². The molecule has 1 aromatic carbocycles. The van der Waals surface area contributed by atoms with E-state index >= 15 is 0 Å². The monoisotopic (exact) mass is 296 g/mol. The first kappa shape index (κ1) is 17.1. The van der Waals surface area contributed by atoms with Gasteiger partial charge in [0, 0.05) is 12.6 Å². The number of ether oxygens (including phenoxy) is 3. The number of hydrogen-bond donors (Lipinski definition) is 2. The number of nitrogens with two attached hydrogens (primary N) is 1. The summed E-state index contributed by atoms with van der Waals surface area (Å²) in [6, 6.07) is 5.04. The number of benzene rings is 1. The lowest BCUT2D eigenvalue weighted by molar-refractivity contribution is 0.0524. The van der Waals surface area contributed by atoms with Crippen LogP contribution in [0.1, 0.15) is 32.4 Å². The van der Waals surface area contributed by atoms with Gasteiger partial charge in [-0.05, 0) is 38.5 Å². The molecule has 0 saturated heterocycles. The predicted molar refractivity (Wildman–Crippen MR) is 80.7 cm³/mol. The van der Waals surface area contributed by atoms with Crippen molar-refractivity contribution in [1.29, 1.82) is 0 Å². The SMILES string of the molecule is COc1ccc([C@H](N)CNC(=O)OC(C)(C)C)cc1OC. The van der Waals surface area contributed by atoms with Crippen molar-refractivity contribution in [3.8, 4) is 11.5 Å². The van der Waals surface area contributed by atoms with Gasteiger partial charge in [-0.25, -0.2) is 4.79 Å². The van der Waals surface area contributed by atoms with Crippen LogP contribution in [-0.4, -0.2) is 32.5 Å². The number of hydrogen-bond acceptors (Lipinski definition) is 5. The Labute approximate surface area is 125 Å². The fourth-order valence-electron chi connectivity index (χ4n) is 1.71. The zero-order valence-electron chi connectivity index (χ0n) is 13.2. The lowest BCUT2D eigenvalue weighted by Crippen LogP contribution is -2.36. The zero-order chi connectivity index (χ0) is 16.0. The number of methoxy groups -OCH3 is 2. The molecule has 0 aliphatic rings. The summed E-state index contributed by atoms with van der Waals surface area (Å²) < 4.78 is 15.5. The molecule has 6 heteroatoms. The molecule has 0 heterocycles. The van der Waals surface area contributed by atoms with E-state index in [0.717, 1.165) is 5.56 Å². The van der Waals surface area contributed by atoms with Crippen molar-refractivity contribution in [2.24, 2.45) is 5.73 Å². The van der Waals surface area contributed by atoms with E-state index in [-0.39, 0.29) is 12.6 Å². The summed E-state index contributed by atoms with van der Waals surface area (Å²) in [6.45, 7) is 5.69. The van der Waals surface area contributed by atoms with Gasteiger partial charge < -0.3 is 25.3 Å². The summed E-state index contributed by atoms with van der Waals surface area (Å²) in [7, 11) is 3.13. The number of nitrogens with one attached hydrogen (secondary N) is 1. The van der Waals surface area contributed by atoms with Crippen molar-refractivity contribution in [3.05, 3.63) is 23.8 Å². The van der Waals surface area contributed by atoms with Crippen LogP contribution < -0.4 is 20.5 Å². The lowest BCUT2D eigenvalue weighted by atomic mass is 10.1. The summed E-state index contributed by atoms with van der Waals surface area (Å²) >= 11 is 0. The van der Waals surface area contributed by atoms with E-state index in [0.29, 0.717) is 11.5 Å². The van der Waals surface area contributed by atoms with Gasteiger partial charge in [0.25, 0.3) is 0 Å². The third-order valence-corrected chi connectivity index (χ3v) is 2.70. The zero-order valence-corrected chi connectivity index (χ0v) is 13.2. The lowest BCUT2D eigenvalue weighted by Gasteiger charge is -2.21. The van der Waals surface area contributed by atoms with E-state index in [1.54, 1.807) is 47.1 Å². The Morgan fingerprint density at radius 3 is 2.38 bits per heavy atom. The Balaban J connectivity index is 2.63. The predicted octanol–water partition coefficient (Wildman–Crippen LogP) is 2.23. The summed E-state index contributed by atoms with van der Waals surface area (Å²) in [5.74, 6) is 1.23. The van der Waals surface area contributed by atoms with Gasteiger partial charge in [0.2, 0.25) is 0 Å². The van der Waals surface area contributed by atoms with E-state index in [2.05, 4.69) is 5.32 Å². The van der Waals surface area contributed by atoms with Crippen molar-refractivity contribution < 1.29 is 19.0 Å². The van der Waals surface area contributed by atoms with Crippen molar-refractivity contribution in [2.45, 2.75) is 32.4 Å². The molecule has 0 spiro atoms. The maximum absolute atomic E-state index is 11.6. The van der Waals surface area contributed by atoms with E-state index in [1.807, 2.05) is 6.07 Å². The first-order valence-electron chi connectivity index (χ1n) is 6.71. The van der Waals surface area contributed by atoms with E-state index in [1.165, 1.54) is 0 Å². The van der Waals surface area contributed by atoms with Crippen LogP contribution in [0.25, 0.3) is 0 Å². The van der Waals surface area contributed by atoms with Crippen LogP contribution in [0, 0.1) is 0 Å². The molecule has 0 bridgehead atoms. The summed E-state index contributed by atoms with van der Waals surface area (Å²) in [4.78, 5) is 11.6. The van der Waals surface area contributed by atoms with Gasteiger partial charge >= 0.3 is 6.09 Å². The number of alkyl carbamates (subject to hydrolysis) is 1. The summed E-state index contributed by atoms with van der Waals surface area (Å²) in [5.41, 5.74) is 6.36. The second kappa shape index (κ2) is 7.17. The highest BCUT2D eigenvalue weighted by Crippen LogP contribution is 2.29. The van der Waals surface area contributed by atoms with Gasteiger partial charge in [-0.2, -0.15) is 0 Å². The van der Waals surface area contributed by atoms with Gasteiger partial charge in [-0.3, -0.25) is 0 Å². The Morgan fingerprint density at radius 1 is 1.24 bits per heavy atom. The van der Waals surface area contributed by atoms with Crippen LogP contribution in [0.15, 0.2) is 18.2 Å². The third-order valence-electron chi connectivity index (χ3n) is 2.70. The molecular formula is C15H24N2O4. The number of rotatable bonds is 5. The molecule has 0 saturated carbocycles. The Morgan fingerprint density at radius 2 is 1.86 bits per heavy atom. The van der Waals surface area contributed by atoms with Gasteiger partial charge in [-0.15, -0.1) is 0 Å². The molecule has 3 N–H and O–H groups in total. The Hall–Kier alpha value is -1.95. The van der Waals surface area contributed by atoms with Crippen molar-refractivity contribution in [2.75, 3.05) is 20.8 Å². The van der Waals surface area contributed by atoms with Crippen molar-refractivity contribution in [1.82, 2.24) is 5.32 Å². The number of carbonyl (C=O) groups excluding carboxylic acids is 1. The van der Waals surface area contributed by atoms with Gasteiger partial charge in [-0.1, -0.05) is 6.07 Å². The molecule has 0 aromatic heterocycles. The molecule has 1 aromatic rings. The smallest absolute Gasteiger partial charge is 0.407 e. The van der Waals surface area contributed by atoms with Crippen molar-refractivity contribution >= 4 is 6.09 Å². The average Bonchev–Trinajstić information content (AvgIpc) is 2.42. The van der Waals surface area contributed by atoms with E-state index in [4.69, 9.17) is 19.9 Å². The summed E-state index contributed by atoms with van der Waals surface area (Å²) in [6.07, 6.45) is -0.488. The highest BCUT2D eigenvalue weighted by Gasteiger charge is 2.17. The van der Waals surface area contributed by atoms with Crippen LogP contribution in [0.5, 0.6) is 11.5 Å². The fraction of sp³-hybridized carbons (Fsp3) is 0.533. The Kier molecular flexibility index (Phi) is 5.84. The maximum atomic E-state index is 11.6. The number of amides is 1. The van der Waals surface area contributed by atoms with Gasteiger partial charge in [0.15, 0.2) is 11.5 Å². The van der Waals surface area contributed by atoms with E-state index in [9.17, 15) is 4.79 Å². The molecule has 118 valence electrons. The molecule has 0 unspecified atom stereocenters. The van der Waals surface area contributed by atoms with Crippen LogP contribution >= 0.6 is 0 Å². The average molecular weight is 296 g/mol. The molecule has 1 atom stereocenters. The first-order valence-corrected chi connectivity index (χ1v) is 6.71. The first-order chi connectivity index (χ1) is 9.76. The quantitative estimate of drug-likeness (QED) is 0.870. The maximum Gasteiger partial charge on any atom is 0.407 e. The topological polar surface area (TPSA) is 82.8 Å². The minimum absolute atomic E-state index is 0.268. The van der Waals surface area contributed by atoms with Crippen LogP contribution in [0.2, 0.25) is 0 Å². The van der Waals surface area contributed by atoms with Gasteiger partial charge in [0.1, 0.15) is 5.60 Å². The second-order valence-corrected chi connectivity index (χ2v) is 5.60. The largest absolute Gasteiger partial charge is 0.493 e. The fourth-order valence-corrected chi connectivity index (χ4v) is 1.71. The minimum Gasteiger partial charge on any atom is -0.493 e. The molecule has 0 radical (unpaired) electrons. The van der Waals surface area contributed by atoms with Crippen molar-refractivity contribution in [3.63, 3.8) is 0 Å². The normalized spacial score (nSPS) is 12.5. The standard InChI is InChI=1S/C15H24N2O4/c1-15(2,3)21-14(18)17-9-11(16)10-6-7-12(19-4)13(8-10)20-5/h6-8,11H,9,16H2,1-5H3,(H,17,18)/t11-/m1/s1. The summed E-state index contributed by atoms with van der Waals surface area (Å²) in [5, 5.41) is 2.65. The molecule has 0 aliphatic carbocycles. The van der Waals surface area contributed by atoms with Crippen LogP contribution in [-0.2, 0) is 4.74 Å². The Bertz CT molecular complexity index is 483. The molecule has 1 rings (SSSR count). The minimum atomic E-state index is -0.530. The van der Waals surface area contributed by atoms with Gasteiger partial charge in [0.05, 0.1) is 14.2 Å². The highest BCUT2D eigenvalue weighted by molar-refractivity contribution is 5.67. The van der Waals surface area contributed by atoms with E-state index < -0.39 is 11.7 Å². The second-order valence-electron chi connectivity index (χ2n) is 5.60. The molecule has 1 amide bonds. The number of carbonyl (C=O) groups is 1. The molecule has 0 aliphatic heterocycles. The highest BCUT2D eigenvalue weighted by atomic mass is 16.6. The third kappa shape index (κ3) is 5.51. The van der Waals surface area contributed by atoms with Crippen LogP contribution in [0.4, 0.5) is 4.79 Å².